The van der Waals surface area contributed by atoms with Crippen LogP contribution in [-0.4, -0.2) is 117 Å². The molecule has 1 aromatic rings. The highest BCUT2D eigenvalue weighted by atomic mass is 28.4. The predicted octanol–water partition coefficient (Wildman–Crippen LogP) is 6.52. The number of hydrogen-bond acceptors (Lipinski definition) is 15. The molecule has 1 saturated carbocycles. The van der Waals surface area contributed by atoms with Crippen LogP contribution in [0, 0.1) is 12.8 Å². The molecule has 0 bridgehead atoms. The topological polar surface area (TPSA) is 204 Å². The summed E-state index contributed by atoms with van der Waals surface area (Å²) in [5.74, 6) is -0.998. The molecule has 18 heteroatoms. The van der Waals surface area contributed by atoms with E-state index in [0.29, 0.717) is 17.9 Å². The quantitative estimate of drug-likeness (QED) is 0.116. The van der Waals surface area contributed by atoms with Crippen LogP contribution in [-0.2, 0) is 53.0 Å². The van der Waals surface area contributed by atoms with Crippen LogP contribution in [0.4, 0.5) is 9.59 Å². The summed E-state index contributed by atoms with van der Waals surface area (Å²) < 4.78 is 47.4. The van der Waals surface area contributed by atoms with E-state index in [4.69, 9.17) is 37.6 Å². The highest BCUT2D eigenvalue weighted by molar-refractivity contribution is 6.74. The molecular formula is C46H69N3O14Si. The van der Waals surface area contributed by atoms with Crippen LogP contribution in [0.1, 0.15) is 113 Å². The van der Waals surface area contributed by atoms with Gasteiger partial charge in [0.05, 0.1) is 24.3 Å². The molecule has 1 unspecified atom stereocenters. The van der Waals surface area contributed by atoms with Crippen LogP contribution in [0.15, 0.2) is 24.0 Å². The summed E-state index contributed by atoms with van der Waals surface area (Å²) in [6, 6.07) is 3.69. The molecule has 7 atom stereocenters. The molecular weight excluding hydrogens is 847 g/mol. The average molecular weight is 916 g/mol. The third-order valence-electron chi connectivity index (χ3n) is 12.6. The Balaban J connectivity index is 1.41. The number of carbonyl (C=O) groups excluding carboxylic acids is 6. The van der Waals surface area contributed by atoms with Gasteiger partial charge in [-0.1, -0.05) is 26.8 Å². The number of esters is 2. The summed E-state index contributed by atoms with van der Waals surface area (Å²) in [5, 5.41) is 5.12. The summed E-state index contributed by atoms with van der Waals surface area (Å²) in [4.78, 5) is 79.8. The Morgan fingerprint density at radius 2 is 1.38 bits per heavy atom. The number of amides is 2. The average Bonchev–Trinajstić information content (AvgIpc) is 3.60. The van der Waals surface area contributed by atoms with E-state index in [9.17, 15) is 28.8 Å². The van der Waals surface area contributed by atoms with E-state index in [-0.39, 0.29) is 55.1 Å². The molecule has 2 N–H and O–H groups in total. The molecule has 4 aliphatic rings. The second kappa shape index (κ2) is 18.2. The Labute approximate surface area is 378 Å². The fraction of sp³-hybridized carbons (Fsp3) is 0.696. The Morgan fingerprint density at radius 1 is 0.844 bits per heavy atom. The molecule has 2 aliphatic carbocycles. The Morgan fingerprint density at radius 3 is 1.88 bits per heavy atom. The summed E-state index contributed by atoms with van der Waals surface area (Å²) in [6.07, 6.45) is -3.14. The maximum atomic E-state index is 14.1. The van der Waals surface area contributed by atoms with Gasteiger partial charge in [0.2, 0.25) is 0 Å². The molecule has 1 aromatic carbocycles. The number of likely N-dealkylation sites (tertiary alicyclic amines) is 1. The van der Waals surface area contributed by atoms with Crippen LogP contribution in [0.5, 0.6) is 11.5 Å². The van der Waals surface area contributed by atoms with Crippen molar-refractivity contribution in [2.75, 3.05) is 26.7 Å². The number of nitrogens with zero attached hydrogens (tertiary/aromatic N) is 1. The summed E-state index contributed by atoms with van der Waals surface area (Å²) in [7, 11) is -0.430. The number of aryl methyl sites for hydroxylation is 1. The van der Waals surface area contributed by atoms with E-state index < -0.39 is 84.9 Å². The highest BCUT2D eigenvalue weighted by Crippen LogP contribution is 2.69. The van der Waals surface area contributed by atoms with Crippen molar-refractivity contribution in [2.45, 2.75) is 173 Å². The zero-order valence-electron chi connectivity index (χ0n) is 40.2. The minimum Gasteiger partial charge on any atom is -0.541 e. The van der Waals surface area contributed by atoms with Gasteiger partial charge in [0, 0.05) is 31.6 Å². The SMILES string of the molecule is Cc1ccc(O[Si](C)(C)C(C)(C)C)c2c1[C@]13CC4CN(C)[C@H]4[C@]1(OC(=O)CCNC(=O)[C@H](C)OC(=O)OC(C)(C)C)CC=C(OC(=O)CCNC(=O)[C@H](C)OC(=O)OC(C)(C)C)[C@@H]3O2. The Bertz CT molecular complexity index is 2030. The van der Waals surface area contributed by atoms with E-state index >= 15 is 0 Å². The Hall–Kier alpha value is -4.84. The fourth-order valence-corrected chi connectivity index (χ4v) is 9.91. The van der Waals surface area contributed by atoms with E-state index in [2.05, 4.69) is 49.4 Å². The van der Waals surface area contributed by atoms with Crippen molar-refractivity contribution in [3.05, 3.63) is 35.1 Å². The third-order valence-corrected chi connectivity index (χ3v) is 16.9. The van der Waals surface area contributed by atoms with Gasteiger partial charge in [0.1, 0.15) is 28.3 Å². The first-order chi connectivity index (χ1) is 29.4. The van der Waals surface area contributed by atoms with E-state index in [1.54, 1.807) is 47.6 Å². The monoisotopic (exact) mass is 915 g/mol. The molecule has 2 amide bonds. The van der Waals surface area contributed by atoms with Crippen molar-refractivity contribution in [3.8, 4) is 11.5 Å². The van der Waals surface area contributed by atoms with Gasteiger partial charge < -0.3 is 48.2 Å². The van der Waals surface area contributed by atoms with Gasteiger partial charge >= 0.3 is 24.2 Å². The lowest BCUT2D eigenvalue weighted by Crippen LogP contribution is -2.69. The summed E-state index contributed by atoms with van der Waals surface area (Å²) in [5.41, 5.74) is -2.10. The molecule has 1 spiro atoms. The summed E-state index contributed by atoms with van der Waals surface area (Å²) >= 11 is 0. The van der Waals surface area contributed by atoms with Gasteiger partial charge in [-0.15, -0.1) is 0 Å². The lowest BCUT2D eigenvalue weighted by atomic mass is 9.60. The first kappa shape index (κ1) is 50.2. The maximum absolute atomic E-state index is 14.1. The molecule has 2 heterocycles. The van der Waals surface area contributed by atoms with Crippen LogP contribution in [0.25, 0.3) is 0 Å². The molecule has 1 saturated heterocycles. The number of benzene rings is 1. The molecule has 0 radical (unpaired) electrons. The minimum absolute atomic E-state index is 0.0894. The van der Waals surface area contributed by atoms with Crippen molar-refractivity contribution in [2.24, 2.45) is 5.92 Å². The van der Waals surface area contributed by atoms with Gasteiger partial charge in [-0.2, -0.15) is 0 Å². The van der Waals surface area contributed by atoms with Crippen LogP contribution in [0.2, 0.25) is 18.1 Å². The first-order valence-electron chi connectivity index (χ1n) is 22.1. The molecule has 64 heavy (non-hydrogen) atoms. The number of hydrogen-bond donors (Lipinski definition) is 2. The fourth-order valence-electron chi connectivity index (χ4n) is 8.90. The van der Waals surface area contributed by atoms with Gasteiger partial charge in [0.15, 0.2) is 24.1 Å². The number of nitrogens with one attached hydrogen (secondary N) is 2. The standard InChI is InChI=1S/C46H69N3O14Si/c1-26-16-17-30(63-64(14,15)44(10,11)12)35-34(26)45-24-29-25-49(13)36(29)46(45,60-33(51)20-23-48-39(53)28(3)57-41(55)62-43(7,8)9)21-18-31(37(45)59-35)58-32(50)19-22-47-38(52)27(2)56-40(54)61-42(4,5)6/h16-18,27-29,36-37H,19-25H2,1-15H3,(H,47,52)(H,48,53)/t27-,28-,29?,36+,37-,45-,46+/m0/s1. The second-order valence-electron chi connectivity index (χ2n) is 20.9. The maximum Gasteiger partial charge on any atom is 0.509 e. The Kier molecular flexibility index (Phi) is 14.3. The highest BCUT2D eigenvalue weighted by Gasteiger charge is 2.78. The van der Waals surface area contributed by atoms with Crippen molar-refractivity contribution in [3.63, 3.8) is 0 Å². The number of ether oxygens (including phenoxy) is 7. The van der Waals surface area contributed by atoms with Gasteiger partial charge in [0.25, 0.3) is 20.1 Å². The second-order valence-corrected chi connectivity index (χ2v) is 25.7. The van der Waals surface area contributed by atoms with Gasteiger partial charge in [-0.25, -0.2) is 9.59 Å². The van der Waals surface area contributed by atoms with Crippen LogP contribution < -0.4 is 19.8 Å². The lowest BCUT2D eigenvalue weighted by Gasteiger charge is -2.54. The number of fused-ring (bicyclic) bond motifs is 3. The van der Waals surface area contributed by atoms with Crippen LogP contribution in [0.3, 0.4) is 0 Å². The molecule has 17 nitrogen and oxygen atoms in total. The van der Waals surface area contributed by atoms with E-state index in [1.165, 1.54) is 13.8 Å². The minimum atomic E-state index is -2.42. The zero-order chi connectivity index (χ0) is 48.0. The van der Waals surface area contributed by atoms with Crippen molar-refractivity contribution in [1.82, 2.24) is 15.5 Å². The molecule has 2 aliphatic heterocycles. The van der Waals surface area contributed by atoms with E-state index in [1.807, 2.05) is 26.1 Å². The van der Waals surface area contributed by atoms with Crippen molar-refractivity contribution < 1.29 is 66.4 Å². The van der Waals surface area contributed by atoms with E-state index in [0.717, 1.165) is 17.7 Å². The van der Waals surface area contributed by atoms with Gasteiger partial charge in [-0.3, -0.25) is 24.1 Å². The van der Waals surface area contributed by atoms with Gasteiger partial charge in [-0.05, 0) is 118 Å². The molecule has 2 fully saturated rings. The summed E-state index contributed by atoms with van der Waals surface area (Å²) in [6.45, 7) is 26.2. The van der Waals surface area contributed by atoms with Crippen molar-refractivity contribution >= 4 is 44.4 Å². The smallest absolute Gasteiger partial charge is 0.509 e. The first-order valence-corrected chi connectivity index (χ1v) is 25.0. The third kappa shape index (κ3) is 10.5. The predicted molar refractivity (Wildman–Crippen MR) is 236 cm³/mol. The molecule has 5 rings (SSSR count). The molecule has 0 aromatic heterocycles. The largest absolute Gasteiger partial charge is 0.541 e. The number of likely N-dealkylation sites (N-methyl/N-ethyl adjacent to an activating group) is 1. The number of carbonyl (C=O) groups is 6. The normalized spacial score (nSPS) is 24.6. The molecule has 356 valence electrons. The zero-order valence-corrected chi connectivity index (χ0v) is 41.2. The lowest BCUT2D eigenvalue weighted by molar-refractivity contribution is -0.187. The number of rotatable bonds is 14. The van der Waals surface area contributed by atoms with Crippen LogP contribution >= 0.6 is 0 Å². The van der Waals surface area contributed by atoms with Crippen molar-refractivity contribution in [1.29, 1.82) is 0 Å².